The number of hydrogen-bond acceptors (Lipinski definition) is 4. The number of benzene rings is 1. The van der Waals surface area contributed by atoms with Gasteiger partial charge in [-0.1, -0.05) is 20.8 Å². The Morgan fingerprint density at radius 3 is 2.45 bits per heavy atom. The lowest BCUT2D eigenvalue weighted by molar-refractivity contribution is -0.123. The number of hydrogen-bond donors (Lipinski definition) is 3. The standard InChI is InChI=1S/C19H30F2N4O3.HI/c1-5-10-27-15-7-6-14(16(11-15)28-18(20)21)12-25-19(22-4)24-9-8-23-17(26)13(2)3;/h6-7,11,13,18H,5,8-10,12H2,1-4H3,(H,23,26)(H2,22,24,25);1H. The number of rotatable bonds is 11. The van der Waals surface area contributed by atoms with Gasteiger partial charge in [-0.15, -0.1) is 24.0 Å². The minimum Gasteiger partial charge on any atom is -0.493 e. The molecule has 3 N–H and O–H groups in total. The Balaban J connectivity index is 0.00000784. The van der Waals surface area contributed by atoms with Gasteiger partial charge in [-0.3, -0.25) is 9.79 Å². The van der Waals surface area contributed by atoms with E-state index in [-0.39, 0.29) is 48.1 Å². The van der Waals surface area contributed by atoms with Crippen molar-refractivity contribution in [2.45, 2.75) is 40.3 Å². The molecule has 0 aliphatic heterocycles. The SMILES string of the molecule is CCCOc1ccc(CNC(=NC)NCCNC(=O)C(C)C)c(OC(F)F)c1.I. The first-order valence-corrected chi connectivity index (χ1v) is 9.30. The van der Waals surface area contributed by atoms with E-state index in [0.717, 1.165) is 6.42 Å². The summed E-state index contributed by atoms with van der Waals surface area (Å²) in [5, 5.41) is 8.86. The predicted octanol–water partition coefficient (Wildman–Crippen LogP) is 3.13. The Hall–Kier alpha value is -1.85. The zero-order valence-corrected chi connectivity index (χ0v) is 19.6. The monoisotopic (exact) mass is 528 g/mol. The molecule has 0 aliphatic rings. The second kappa shape index (κ2) is 15.1. The number of alkyl halides is 2. The summed E-state index contributed by atoms with van der Waals surface area (Å²) >= 11 is 0. The largest absolute Gasteiger partial charge is 0.493 e. The van der Waals surface area contributed by atoms with Crippen molar-refractivity contribution in [2.24, 2.45) is 10.9 Å². The Morgan fingerprint density at radius 1 is 1.17 bits per heavy atom. The number of ether oxygens (including phenoxy) is 2. The third kappa shape index (κ3) is 11.1. The first kappa shape index (κ1) is 27.1. The molecule has 0 atom stereocenters. The number of aliphatic imine (C=N–C) groups is 1. The smallest absolute Gasteiger partial charge is 0.387 e. The van der Waals surface area contributed by atoms with Gasteiger partial charge in [0, 0.05) is 44.2 Å². The van der Waals surface area contributed by atoms with Crippen LogP contribution in [0.2, 0.25) is 0 Å². The third-order valence-corrected chi connectivity index (χ3v) is 3.64. The number of nitrogens with zero attached hydrogens (tertiary/aromatic N) is 1. The fourth-order valence-corrected chi connectivity index (χ4v) is 2.17. The summed E-state index contributed by atoms with van der Waals surface area (Å²) in [6.07, 6.45) is 0.813. The van der Waals surface area contributed by atoms with E-state index in [0.29, 0.717) is 37.0 Å². The highest BCUT2D eigenvalue weighted by Gasteiger charge is 2.12. The van der Waals surface area contributed by atoms with E-state index in [1.807, 2.05) is 20.8 Å². The van der Waals surface area contributed by atoms with Crippen molar-refractivity contribution >= 4 is 35.8 Å². The van der Waals surface area contributed by atoms with E-state index in [9.17, 15) is 13.6 Å². The van der Waals surface area contributed by atoms with Gasteiger partial charge >= 0.3 is 6.61 Å². The first-order chi connectivity index (χ1) is 13.4. The predicted molar refractivity (Wildman–Crippen MR) is 120 cm³/mol. The quantitative estimate of drug-likeness (QED) is 0.178. The molecule has 0 saturated carbocycles. The van der Waals surface area contributed by atoms with Crippen molar-refractivity contribution in [3.05, 3.63) is 23.8 Å². The van der Waals surface area contributed by atoms with Crippen LogP contribution in [0.3, 0.4) is 0 Å². The van der Waals surface area contributed by atoms with E-state index in [1.54, 1.807) is 19.2 Å². The zero-order chi connectivity index (χ0) is 20.9. The lowest BCUT2D eigenvalue weighted by Gasteiger charge is -2.16. The molecule has 0 aliphatic carbocycles. The highest BCUT2D eigenvalue weighted by molar-refractivity contribution is 14.0. The Morgan fingerprint density at radius 2 is 1.86 bits per heavy atom. The van der Waals surface area contributed by atoms with Crippen molar-refractivity contribution in [3.8, 4) is 11.5 Å². The van der Waals surface area contributed by atoms with Crippen LogP contribution in [-0.4, -0.2) is 45.2 Å². The Kier molecular flexibility index (Phi) is 14.1. The van der Waals surface area contributed by atoms with Gasteiger partial charge in [-0.25, -0.2) is 0 Å². The molecule has 166 valence electrons. The summed E-state index contributed by atoms with van der Waals surface area (Å²) in [4.78, 5) is 15.6. The number of amides is 1. The molecule has 29 heavy (non-hydrogen) atoms. The maximum atomic E-state index is 12.7. The van der Waals surface area contributed by atoms with Gasteiger partial charge in [0.25, 0.3) is 0 Å². The number of guanidine groups is 1. The van der Waals surface area contributed by atoms with Gasteiger partial charge in [-0.2, -0.15) is 8.78 Å². The normalized spacial score (nSPS) is 11.1. The summed E-state index contributed by atoms with van der Waals surface area (Å²) in [7, 11) is 1.60. The lowest BCUT2D eigenvalue weighted by atomic mass is 10.2. The molecule has 0 saturated heterocycles. The van der Waals surface area contributed by atoms with Crippen molar-refractivity contribution in [1.29, 1.82) is 0 Å². The second-order valence-corrected chi connectivity index (χ2v) is 6.29. The number of carbonyl (C=O) groups excluding carboxylic acids is 1. The molecule has 0 spiro atoms. The summed E-state index contributed by atoms with van der Waals surface area (Å²) < 4.78 is 35.5. The van der Waals surface area contributed by atoms with Crippen LogP contribution in [0.15, 0.2) is 23.2 Å². The topological polar surface area (TPSA) is 84.0 Å². The molecule has 10 heteroatoms. The van der Waals surface area contributed by atoms with Crippen molar-refractivity contribution in [1.82, 2.24) is 16.0 Å². The van der Waals surface area contributed by atoms with Crippen LogP contribution >= 0.6 is 24.0 Å². The molecule has 1 aromatic rings. The number of nitrogens with one attached hydrogen (secondary N) is 3. The lowest BCUT2D eigenvalue weighted by Crippen LogP contribution is -2.41. The van der Waals surface area contributed by atoms with E-state index in [4.69, 9.17) is 4.74 Å². The molecule has 1 amide bonds. The number of halogens is 3. The van der Waals surface area contributed by atoms with Crippen LogP contribution in [0.4, 0.5) is 8.78 Å². The summed E-state index contributed by atoms with van der Waals surface area (Å²) in [5.74, 6) is 0.910. The van der Waals surface area contributed by atoms with Gasteiger partial charge in [-0.05, 0) is 18.6 Å². The second-order valence-electron chi connectivity index (χ2n) is 6.29. The summed E-state index contributed by atoms with van der Waals surface area (Å²) in [6.45, 7) is 4.32. The van der Waals surface area contributed by atoms with Gasteiger partial charge in [0.05, 0.1) is 6.61 Å². The maximum absolute atomic E-state index is 12.7. The van der Waals surface area contributed by atoms with Crippen molar-refractivity contribution in [3.63, 3.8) is 0 Å². The molecule has 0 radical (unpaired) electrons. The first-order valence-electron chi connectivity index (χ1n) is 9.30. The van der Waals surface area contributed by atoms with Crippen LogP contribution in [0.1, 0.15) is 32.8 Å². The average Bonchev–Trinajstić information content (AvgIpc) is 2.66. The average molecular weight is 528 g/mol. The highest BCUT2D eigenvalue weighted by atomic mass is 127. The van der Waals surface area contributed by atoms with Crippen LogP contribution in [-0.2, 0) is 11.3 Å². The van der Waals surface area contributed by atoms with Crippen molar-refractivity contribution < 1.29 is 23.0 Å². The Bertz CT molecular complexity index is 646. The minimum atomic E-state index is -2.93. The molecule has 0 aromatic heterocycles. The van der Waals surface area contributed by atoms with Crippen LogP contribution in [0, 0.1) is 5.92 Å². The summed E-state index contributed by atoms with van der Waals surface area (Å²) in [6, 6.07) is 4.84. The molecule has 0 unspecified atom stereocenters. The van der Waals surface area contributed by atoms with E-state index in [1.165, 1.54) is 6.07 Å². The summed E-state index contributed by atoms with van der Waals surface area (Å²) in [5.41, 5.74) is 0.542. The van der Waals surface area contributed by atoms with Crippen LogP contribution in [0.5, 0.6) is 11.5 Å². The fraction of sp³-hybridized carbons (Fsp3) is 0.579. The number of carbonyl (C=O) groups is 1. The molecular formula is C19H31F2IN4O3. The Labute approximate surface area is 188 Å². The highest BCUT2D eigenvalue weighted by Crippen LogP contribution is 2.26. The molecule has 0 bridgehead atoms. The third-order valence-electron chi connectivity index (χ3n) is 3.64. The van der Waals surface area contributed by atoms with Gasteiger partial charge in [0.1, 0.15) is 11.5 Å². The molecule has 1 aromatic carbocycles. The molecular weight excluding hydrogens is 497 g/mol. The van der Waals surface area contributed by atoms with Gasteiger partial charge in [0.15, 0.2) is 5.96 Å². The van der Waals surface area contributed by atoms with Crippen LogP contribution in [0.25, 0.3) is 0 Å². The maximum Gasteiger partial charge on any atom is 0.387 e. The van der Waals surface area contributed by atoms with Crippen LogP contribution < -0.4 is 25.4 Å². The van der Waals surface area contributed by atoms with Gasteiger partial charge in [0.2, 0.25) is 5.91 Å². The fourth-order valence-electron chi connectivity index (χ4n) is 2.17. The van der Waals surface area contributed by atoms with E-state index < -0.39 is 6.61 Å². The molecule has 7 nitrogen and oxygen atoms in total. The van der Waals surface area contributed by atoms with Gasteiger partial charge < -0.3 is 25.4 Å². The molecule has 1 rings (SSSR count). The molecule has 0 heterocycles. The van der Waals surface area contributed by atoms with E-state index >= 15 is 0 Å². The zero-order valence-electron chi connectivity index (χ0n) is 17.3. The molecule has 0 fully saturated rings. The minimum absolute atomic E-state index is 0. The van der Waals surface area contributed by atoms with E-state index in [2.05, 4.69) is 25.7 Å². The van der Waals surface area contributed by atoms with Crippen molar-refractivity contribution in [2.75, 3.05) is 26.7 Å².